The summed E-state index contributed by atoms with van der Waals surface area (Å²) in [5.41, 5.74) is 11.7. The number of hydrogen-bond acceptors (Lipinski definition) is 10. The number of ether oxygens (including phenoxy) is 2. The maximum atomic E-state index is 15.3. The van der Waals surface area contributed by atoms with Gasteiger partial charge in [0.1, 0.15) is 17.3 Å². The second-order valence-electron chi connectivity index (χ2n) is 24.6. The molecular formula is C68H81N3O7. The van der Waals surface area contributed by atoms with E-state index in [-0.39, 0.29) is 66.2 Å². The summed E-state index contributed by atoms with van der Waals surface area (Å²) in [5, 5.41) is 42.9. The summed E-state index contributed by atoms with van der Waals surface area (Å²) in [6, 6.07) is 31.9. The first-order chi connectivity index (χ1) is 38.1. The average molecular weight is 1050 g/mol. The Kier molecular flexibility index (Phi) is 15.3. The van der Waals surface area contributed by atoms with Crippen LogP contribution in [-0.2, 0) is 51.3 Å². The predicted octanol–water partition coefficient (Wildman–Crippen LogP) is 11.2. The normalized spacial score (nSPS) is 30.4. The van der Waals surface area contributed by atoms with E-state index in [1.54, 1.807) is 6.07 Å². The second kappa shape index (κ2) is 22.5. The zero-order chi connectivity index (χ0) is 53.5. The Bertz CT molecular complexity index is 3050. The number of nitrogens with one attached hydrogen (secondary N) is 3. The number of phenols is 1. The van der Waals surface area contributed by atoms with Gasteiger partial charge in [-0.15, -0.1) is 0 Å². The molecule has 5 heterocycles. The molecule has 2 saturated heterocycles. The number of phenolic OH excluding ortho intramolecular Hbond substituents is 1. The number of esters is 2. The Hall–Kier alpha value is -5.62. The Labute approximate surface area is 461 Å². The van der Waals surface area contributed by atoms with E-state index in [4.69, 9.17) is 9.47 Å². The van der Waals surface area contributed by atoms with Crippen molar-refractivity contribution in [3.63, 3.8) is 0 Å². The molecule has 4 aromatic rings. The molecule has 4 fully saturated rings. The van der Waals surface area contributed by atoms with Gasteiger partial charge in [-0.05, 0) is 251 Å². The standard InChI is InChI=1S/C68H81N3O7/c1-3-42(32-43-10-5-4-6-11-43)35-59-68-27-22-54-55-20-21-56-58(77-65(75)62(56)63(55)68)23-26-67(51-25-29-71-60(37-51)69-2)39-48(15-9-31-73)50(40-67)36-49-33-44(16-17-46(49)14-8-30-72)24-28-70-41-45-12-7-13-47(34-45)53-19-18-52(74)38-57(53)61(54)64(68)66(76)78-59/h4-7,10-13,16-19,23,33-35,38,42,48,50-51,54-55,60,63,69-74H,3,8-9,14-15,20-22,24-32,36-37,39-41H2,1-2H3. The molecule has 2 saturated carbocycles. The molecule has 78 heavy (non-hydrogen) atoms. The smallest absolute Gasteiger partial charge is 0.340 e. The molecule has 1 spiro atoms. The summed E-state index contributed by atoms with van der Waals surface area (Å²) in [7, 11) is 2.05. The quantitative estimate of drug-likeness (QED) is 0.0757. The number of carbonyl (C=O) groups is 2. The lowest BCUT2D eigenvalue weighted by Crippen LogP contribution is -2.52. The molecule has 410 valence electrons. The molecule has 5 aliphatic carbocycles. The van der Waals surface area contributed by atoms with Gasteiger partial charge in [-0.2, -0.15) is 0 Å². The average Bonchev–Trinajstić information content (AvgIpc) is 2.75. The van der Waals surface area contributed by atoms with Gasteiger partial charge in [0, 0.05) is 36.8 Å². The molecule has 14 bridgehead atoms. The molecule has 4 aromatic carbocycles. The lowest BCUT2D eigenvalue weighted by molar-refractivity contribution is -0.135. The fourth-order valence-corrected chi connectivity index (χ4v) is 16.9. The summed E-state index contributed by atoms with van der Waals surface area (Å²) in [4.78, 5) is 30.5. The van der Waals surface area contributed by atoms with E-state index < -0.39 is 5.41 Å². The molecule has 0 radical (unpaired) electrons. The predicted molar refractivity (Wildman–Crippen MR) is 305 cm³/mol. The van der Waals surface area contributed by atoms with Gasteiger partial charge in [0.2, 0.25) is 0 Å². The van der Waals surface area contributed by atoms with Crippen LogP contribution in [0.25, 0.3) is 16.7 Å². The van der Waals surface area contributed by atoms with Crippen molar-refractivity contribution in [2.24, 2.45) is 52.3 Å². The number of aryl methyl sites for hydroxylation is 1. The molecular weight excluding hydrogens is 971 g/mol. The van der Waals surface area contributed by atoms with Crippen molar-refractivity contribution in [1.29, 1.82) is 0 Å². The summed E-state index contributed by atoms with van der Waals surface area (Å²) < 4.78 is 13.4. The summed E-state index contributed by atoms with van der Waals surface area (Å²) >= 11 is 0. The lowest BCUT2D eigenvalue weighted by Gasteiger charge is -2.56. The van der Waals surface area contributed by atoms with E-state index in [0.29, 0.717) is 54.2 Å². The van der Waals surface area contributed by atoms with Gasteiger partial charge in [0.05, 0.1) is 17.2 Å². The number of aromatic hydroxyl groups is 1. The van der Waals surface area contributed by atoms with Crippen LogP contribution in [0.15, 0.2) is 131 Å². The highest BCUT2D eigenvalue weighted by Crippen LogP contribution is 2.72. The molecule has 10 heteroatoms. The SMILES string of the molecule is CCC(C=C1OC(=O)C2=C3c4cc(O)ccc4-c4cccc(c4)CNCCc4ccc(CCCO)c(c4)CC4CC(C5CCNC(NC)C5)(CC=C5OC(=O)C6=C5CCC5C3CCC12C65)CC4CCCO)Cc1ccccc1. The Balaban J connectivity index is 1.03. The number of aliphatic hydroxyl groups excluding tert-OH is 2. The third kappa shape index (κ3) is 9.75. The van der Waals surface area contributed by atoms with Crippen molar-refractivity contribution in [3.05, 3.63) is 165 Å². The number of aliphatic hydroxyl groups is 2. The minimum absolute atomic E-state index is 0.0399. The van der Waals surface area contributed by atoms with Gasteiger partial charge in [0.25, 0.3) is 0 Å². The number of allylic oxidation sites excluding steroid dienone is 5. The fourth-order valence-electron chi connectivity index (χ4n) is 16.9. The molecule has 10 nitrogen and oxygen atoms in total. The Morgan fingerprint density at radius 3 is 2.55 bits per heavy atom. The van der Waals surface area contributed by atoms with Crippen molar-refractivity contribution in [2.45, 2.75) is 129 Å². The molecule has 10 aliphatic rings. The first kappa shape index (κ1) is 53.0. The Morgan fingerprint density at radius 2 is 1.72 bits per heavy atom. The third-order valence-corrected chi connectivity index (χ3v) is 20.5. The second-order valence-corrected chi connectivity index (χ2v) is 24.6. The number of rotatable bonds is 12. The lowest BCUT2D eigenvalue weighted by atomic mass is 9.44. The molecule has 10 unspecified atom stereocenters. The van der Waals surface area contributed by atoms with Crippen molar-refractivity contribution in [3.8, 4) is 16.9 Å². The van der Waals surface area contributed by atoms with Crippen LogP contribution < -0.4 is 16.0 Å². The number of hydrogen-bond donors (Lipinski definition) is 6. The van der Waals surface area contributed by atoms with Crippen molar-refractivity contribution < 1.29 is 34.4 Å². The van der Waals surface area contributed by atoms with E-state index in [1.165, 1.54) is 22.3 Å². The number of carbonyl (C=O) groups excluding carboxylic acids is 2. The zero-order valence-electron chi connectivity index (χ0n) is 46.0. The number of fused-ring (bicyclic) bond motifs is 5. The van der Waals surface area contributed by atoms with Crippen LogP contribution in [0.2, 0.25) is 0 Å². The first-order valence-electron chi connectivity index (χ1n) is 29.9. The van der Waals surface area contributed by atoms with E-state index in [1.807, 2.05) is 18.2 Å². The van der Waals surface area contributed by atoms with Crippen molar-refractivity contribution >= 4 is 17.5 Å². The van der Waals surface area contributed by atoms with Gasteiger partial charge in [0.15, 0.2) is 0 Å². The van der Waals surface area contributed by atoms with E-state index in [9.17, 15) is 15.3 Å². The molecule has 10 atom stereocenters. The van der Waals surface area contributed by atoms with Crippen LogP contribution in [0.3, 0.4) is 0 Å². The fraction of sp³-hybridized carbons (Fsp3) is 0.500. The number of benzene rings is 4. The minimum Gasteiger partial charge on any atom is -0.508 e. The first-order valence-corrected chi connectivity index (χ1v) is 29.9. The van der Waals surface area contributed by atoms with Gasteiger partial charge in [-0.3, -0.25) is 0 Å². The van der Waals surface area contributed by atoms with Gasteiger partial charge < -0.3 is 40.7 Å². The number of piperidine rings is 1. The minimum atomic E-state index is -0.893. The zero-order valence-corrected chi connectivity index (χ0v) is 46.0. The summed E-state index contributed by atoms with van der Waals surface area (Å²) in [6.07, 6.45) is 19.6. The summed E-state index contributed by atoms with van der Waals surface area (Å²) in [5.74, 6) is 1.96. The third-order valence-electron chi connectivity index (χ3n) is 20.5. The maximum Gasteiger partial charge on any atom is 0.340 e. The van der Waals surface area contributed by atoms with Crippen molar-refractivity contribution in [1.82, 2.24) is 16.0 Å². The van der Waals surface area contributed by atoms with Crippen LogP contribution in [0.4, 0.5) is 0 Å². The molecule has 0 amide bonds. The maximum absolute atomic E-state index is 15.3. The Morgan fingerprint density at radius 1 is 0.846 bits per heavy atom. The van der Waals surface area contributed by atoms with Crippen LogP contribution in [-0.4, -0.2) is 66.8 Å². The highest BCUT2D eigenvalue weighted by Gasteiger charge is 2.68. The van der Waals surface area contributed by atoms with Gasteiger partial charge in [-0.1, -0.05) is 79.7 Å². The van der Waals surface area contributed by atoms with Crippen molar-refractivity contribution in [2.75, 3.05) is 33.4 Å². The van der Waals surface area contributed by atoms with Gasteiger partial charge >= 0.3 is 11.9 Å². The van der Waals surface area contributed by atoms with Crippen LogP contribution >= 0.6 is 0 Å². The van der Waals surface area contributed by atoms with E-state index >= 15 is 9.59 Å². The summed E-state index contributed by atoms with van der Waals surface area (Å²) in [6.45, 7) is 4.96. The van der Waals surface area contributed by atoms with Crippen LogP contribution in [0.5, 0.6) is 5.75 Å². The van der Waals surface area contributed by atoms with E-state index in [0.717, 1.165) is 148 Å². The van der Waals surface area contributed by atoms with E-state index in [2.05, 4.69) is 109 Å². The molecule has 0 aromatic heterocycles. The largest absolute Gasteiger partial charge is 0.508 e. The molecule has 6 N–H and O–H groups in total. The highest BCUT2D eigenvalue weighted by molar-refractivity contribution is 6.07. The highest BCUT2D eigenvalue weighted by atomic mass is 16.6. The van der Waals surface area contributed by atoms with Crippen LogP contribution in [0, 0.1) is 52.3 Å². The molecule has 14 rings (SSSR count). The molecule has 5 aliphatic heterocycles. The van der Waals surface area contributed by atoms with Crippen LogP contribution in [0.1, 0.15) is 124 Å². The van der Waals surface area contributed by atoms with Gasteiger partial charge in [-0.25, -0.2) is 9.59 Å². The monoisotopic (exact) mass is 1050 g/mol. The topological polar surface area (TPSA) is 149 Å². The number of cyclic esters (lactones) is 1.